The van der Waals surface area contributed by atoms with Crippen LogP contribution in [0.2, 0.25) is 0 Å². The molecule has 0 amide bonds. The lowest BCUT2D eigenvalue weighted by Crippen LogP contribution is -1.98. The van der Waals surface area contributed by atoms with Gasteiger partial charge in [-0.25, -0.2) is 0 Å². The summed E-state index contributed by atoms with van der Waals surface area (Å²) in [6.45, 7) is 6.69. The Labute approximate surface area is 106 Å². The first-order valence-electron chi connectivity index (χ1n) is 5.50. The smallest absolute Gasteiger partial charge is 0.133 e. The van der Waals surface area contributed by atoms with Crippen molar-refractivity contribution in [2.24, 2.45) is 5.92 Å². The van der Waals surface area contributed by atoms with E-state index in [0.717, 1.165) is 16.6 Å². The third kappa shape index (κ3) is 3.90. The molecule has 0 saturated heterocycles. The van der Waals surface area contributed by atoms with Crippen LogP contribution < -0.4 is 4.74 Å². The van der Waals surface area contributed by atoms with Crippen molar-refractivity contribution in [2.75, 3.05) is 6.61 Å². The fourth-order valence-electron chi connectivity index (χ4n) is 1.59. The lowest BCUT2D eigenvalue weighted by Gasteiger charge is -2.09. The first kappa shape index (κ1) is 13.1. The minimum atomic E-state index is 0.398. The highest BCUT2D eigenvalue weighted by atomic mass is 79.9. The Balaban J connectivity index is 2.75. The normalized spacial score (nSPS) is 11.5. The zero-order chi connectivity index (χ0) is 12.0. The molecule has 0 aliphatic heterocycles. The van der Waals surface area contributed by atoms with Crippen LogP contribution in [-0.2, 0) is 6.42 Å². The van der Waals surface area contributed by atoms with E-state index in [1.807, 2.05) is 19.9 Å². The van der Waals surface area contributed by atoms with Crippen molar-refractivity contribution >= 4 is 15.9 Å². The molecule has 1 aromatic rings. The van der Waals surface area contributed by atoms with Gasteiger partial charge in [0.25, 0.3) is 0 Å². The van der Waals surface area contributed by atoms with Gasteiger partial charge in [0, 0.05) is 5.92 Å². The minimum absolute atomic E-state index is 0.398. The second kappa shape index (κ2) is 6.60. The van der Waals surface area contributed by atoms with Gasteiger partial charge >= 0.3 is 0 Å². The highest BCUT2D eigenvalue weighted by Crippen LogP contribution is 2.26. The molecule has 0 bridgehead atoms. The highest BCUT2D eigenvalue weighted by molar-refractivity contribution is 9.10. The van der Waals surface area contributed by atoms with E-state index in [2.05, 4.69) is 46.8 Å². The maximum atomic E-state index is 5.47. The molecule has 0 N–H and O–H groups in total. The first-order chi connectivity index (χ1) is 7.67. The summed E-state index contributed by atoms with van der Waals surface area (Å²) < 4.78 is 6.49. The van der Waals surface area contributed by atoms with Gasteiger partial charge in [-0.2, -0.15) is 0 Å². The molecule has 0 fully saturated rings. The van der Waals surface area contributed by atoms with E-state index >= 15 is 0 Å². The molecule has 16 heavy (non-hydrogen) atoms. The molecule has 0 radical (unpaired) electrons. The maximum absolute atomic E-state index is 5.47. The number of rotatable bonds is 4. The Hall–Kier alpha value is -0.940. The minimum Gasteiger partial charge on any atom is -0.493 e. The number of hydrogen-bond acceptors (Lipinski definition) is 1. The Bertz CT molecular complexity index is 401. The van der Waals surface area contributed by atoms with Crippen molar-refractivity contribution in [3.05, 3.63) is 28.2 Å². The summed E-state index contributed by atoms with van der Waals surface area (Å²) in [5.74, 6) is 7.41. The van der Waals surface area contributed by atoms with Crippen LogP contribution in [0.25, 0.3) is 0 Å². The summed E-state index contributed by atoms with van der Waals surface area (Å²) in [4.78, 5) is 0. The van der Waals surface area contributed by atoms with Crippen LogP contribution in [0.4, 0.5) is 0 Å². The van der Waals surface area contributed by atoms with Crippen LogP contribution >= 0.6 is 15.9 Å². The van der Waals surface area contributed by atoms with Gasteiger partial charge in [0.1, 0.15) is 5.75 Å². The summed E-state index contributed by atoms with van der Waals surface area (Å²) in [6, 6.07) is 6.22. The Morgan fingerprint density at radius 1 is 1.44 bits per heavy atom. The number of benzene rings is 1. The molecular formula is C14H17BrO. The van der Waals surface area contributed by atoms with Gasteiger partial charge in [-0.3, -0.25) is 0 Å². The molecule has 1 rings (SSSR count). The van der Waals surface area contributed by atoms with Crippen LogP contribution in [0.1, 0.15) is 26.3 Å². The first-order valence-corrected chi connectivity index (χ1v) is 6.30. The van der Waals surface area contributed by atoms with Gasteiger partial charge in [-0.05, 0) is 53.9 Å². The molecule has 1 atom stereocenters. The van der Waals surface area contributed by atoms with Crippen molar-refractivity contribution in [3.8, 4) is 17.6 Å². The standard InChI is InChI=1S/C14H17BrO/c1-4-6-11(3)9-12-7-8-14(16-5-2)13(15)10-12/h7-8,10-11H,5,9H2,1-3H3. The van der Waals surface area contributed by atoms with E-state index in [9.17, 15) is 0 Å². The highest BCUT2D eigenvalue weighted by Gasteiger charge is 2.04. The lowest BCUT2D eigenvalue weighted by molar-refractivity contribution is 0.338. The van der Waals surface area contributed by atoms with Crippen LogP contribution in [0.5, 0.6) is 5.75 Å². The van der Waals surface area contributed by atoms with Gasteiger partial charge in [-0.1, -0.05) is 13.0 Å². The fraction of sp³-hybridized carbons (Fsp3) is 0.429. The SMILES string of the molecule is CC#CC(C)Cc1ccc(OCC)c(Br)c1. The van der Waals surface area contributed by atoms with Crippen molar-refractivity contribution < 1.29 is 4.74 Å². The molecule has 0 aliphatic rings. The topological polar surface area (TPSA) is 9.23 Å². The molecule has 0 aliphatic carbocycles. The summed E-state index contributed by atoms with van der Waals surface area (Å²) >= 11 is 3.52. The van der Waals surface area contributed by atoms with Crippen LogP contribution in [0.3, 0.4) is 0 Å². The molecule has 0 aromatic heterocycles. The predicted octanol–water partition coefficient (Wildman–Crippen LogP) is 4.05. The maximum Gasteiger partial charge on any atom is 0.133 e. The van der Waals surface area contributed by atoms with E-state index < -0.39 is 0 Å². The Morgan fingerprint density at radius 3 is 2.75 bits per heavy atom. The molecule has 86 valence electrons. The average Bonchev–Trinajstić information content (AvgIpc) is 2.22. The third-order valence-corrected chi connectivity index (χ3v) is 2.85. The summed E-state index contributed by atoms with van der Waals surface area (Å²) in [7, 11) is 0. The van der Waals surface area contributed by atoms with Crippen molar-refractivity contribution in [1.82, 2.24) is 0 Å². The van der Waals surface area contributed by atoms with Crippen LogP contribution in [0.15, 0.2) is 22.7 Å². The molecular weight excluding hydrogens is 264 g/mol. The third-order valence-electron chi connectivity index (χ3n) is 2.23. The molecule has 2 heteroatoms. The van der Waals surface area contributed by atoms with Crippen molar-refractivity contribution in [1.29, 1.82) is 0 Å². The Kier molecular flexibility index (Phi) is 5.42. The van der Waals surface area contributed by atoms with E-state index in [1.165, 1.54) is 5.56 Å². The number of ether oxygens (including phenoxy) is 1. The van der Waals surface area contributed by atoms with E-state index in [0.29, 0.717) is 12.5 Å². The summed E-state index contributed by atoms with van der Waals surface area (Å²) in [6.07, 6.45) is 0.978. The van der Waals surface area contributed by atoms with E-state index in [1.54, 1.807) is 0 Å². The number of hydrogen-bond donors (Lipinski definition) is 0. The Morgan fingerprint density at radius 2 is 2.19 bits per heavy atom. The quantitative estimate of drug-likeness (QED) is 0.756. The lowest BCUT2D eigenvalue weighted by atomic mass is 10.0. The monoisotopic (exact) mass is 280 g/mol. The van der Waals surface area contributed by atoms with Gasteiger partial charge < -0.3 is 4.74 Å². The molecule has 0 spiro atoms. The molecule has 0 heterocycles. The second-order valence-corrected chi connectivity index (χ2v) is 4.55. The van der Waals surface area contributed by atoms with E-state index in [-0.39, 0.29) is 0 Å². The zero-order valence-corrected chi connectivity index (χ0v) is 11.6. The fourth-order valence-corrected chi connectivity index (χ4v) is 2.14. The largest absolute Gasteiger partial charge is 0.493 e. The second-order valence-electron chi connectivity index (χ2n) is 3.70. The summed E-state index contributed by atoms with van der Waals surface area (Å²) in [5.41, 5.74) is 1.28. The van der Waals surface area contributed by atoms with Gasteiger partial charge in [0.05, 0.1) is 11.1 Å². The van der Waals surface area contributed by atoms with Crippen molar-refractivity contribution in [3.63, 3.8) is 0 Å². The van der Waals surface area contributed by atoms with Crippen molar-refractivity contribution in [2.45, 2.75) is 27.2 Å². The summed E-state index contributed by atoms with van der Waals surface area (Å²) in [5, 5.41) is 0. The zero-order valence-electron chi connectivity index (χ0n) is 10.0. The predicted molar refractivity (Wildman–Crippen MR) is 71.6 cm³/mol. The molecule has 0 saturated carbocycles. The van der Waals surface area contributed by atoms with Crippen LogP contribution in [-0.4, -0.2) is 6.61 Å². The molecule has 1 unspecified atom stereocenters. The van der Waals surface area contributed by atoms with Crippen LogP contribution in [0, 0.1) is 17.8 Å². The molecule has 1 nitrogen and oxygen atoms in total. The van der Waals surface area contributed by atoms with Gasteiger partial charge in [0.2, 0.25) is 0 Å². The van der Waals surface area contributed by atoms with E-state index in [4.69, 9.17) is 4.74 Å². The number of halogens is 1. The van der Waals surface area contributed by atoms with Gasteiger partial charge in [-0.15, -0.1) is 11.8 Å². The van der Waals surface area contributed by atoms with Gasteiger partial charge in [0.15, 0.2) is 0 Å². The molecule has 1 aromatic carbocycles. The average molecular weight is 281 g/mol.